The van der Waals surface area contributed by atoms with Gasteiger partial charge >= 0.3 is 0 Å². The number of rotatable bonds is 6. The van der Waals surface area contributed by atoms with Gasteiger partial charge in [-0.05, 0) is 29.8 Å². The van der Waals surface area contributed by atoms with Crippen LogP contribution in [0, 0.1) is 0 Å². The lowest BCUT2D eigenvalue weighted by atomic mass is 10.2. The quantitative estimate of drug-likeness (QED) is 0.533. The molecule has 0 aromatic heterocycles. The Morgan fingerprint density at radius 1 is 1.31 bits per heavy atom. The van der Waals surface area contributed by atoms with E-state index in [0.29, 0.717) is 38.8 Å². The molecule has 1 fully saturated rings. The highest BCUT2D eigenvalue weighted by molar-refractivity contribution is 8.23. The first-order valence-corrected chi connectivity index (χ1v) is 9.43. The van der Waals surface area contributed by atoms with Crippen LogP contribution in [0.4, 0.5) is 0 Å². The van der Waals surface area contributed by atoms with E-state index >= 15 is 0 Å². The third-order valence-corrected chi connectivity index (χ3v) is 5.16. The molecule has 134 valence electrons. The zero-order valence-corrected chi connectivity index (χ0v) is 16.2. The van der Waals surface area contributed by atoms with Crippen LogP contribution in [0.5, 0.6) is 11.5 Å². The summed E-state index contributed by atoms with van der Waals surface area (Å²) in [7, 11) is 1.57. The van der Waals surface area contributed by atoms with Gasteiger partial charge < -0.3 is 9.47 Å². The maximum atomic E-state index is 11.8. The number of carbonyl (C=O) groups is 1. The van der Waals surface area contributed by atoms with Crippen molar-refractivity contribution in [2.45, 2.75) is 6.61 Å². The minimum atomic E-state index is -0.136. The number of para-hydroxylation sites is 1. The van der Waals surface area contributed by atoms with E-state index < -0.39 is 0 Å². The number of halogens is 1. The number of nitrogens with zero attached hydrogens (tertiary/aromatic N) is 2. The summed E-state index contributed by atoms with van der Waals surface area (Å²) in [6, 6.07) is 12.9. The second-order valence-electron chi connectivity index (χ2n) is 5.30. The molecule has 2 aromatic rings. The first kappa shape index (κ1) is 18.7. The van der Waals surface area contributed by atoms with Crippen LogP contribution in [0.3, 0.4) is 0 Å². The van der Waals surface area contributed by atoms with Gasteiger partial charge in [0.1, 0.15) is 6.61 Å². The van der Waals surface area contributed by atoms with E-state index in [-0.39, 0.29) is 5.91 Å². The average Bonchev–Trinajstić information content (AvgIpc) is 2.97. The number of benzene rings is 2. The van der Waals surface area contributed by atoms with E-state index in [1.54, 1.807) is 19.4 Å². The van der Waals surface area contributed by atoms with Crippen molar-refractivity contribution in [2.75, 3.05) is 12.9 Å². The summed E-state index contributed by atoms with van der Waals surface area (Å²) in [5.74, 6) is 1.29. The summed E-state index contributed by atoms with van der Waals surface area (Å²) in [5, 5.41) is 6.10. The maximum Gasteiger partial charge on any atom is 0.259 e. The topological polar surface area (TPSA) is 51.1 Å². The first-order chi connectivity index (χ1) is 12.6. The Labute approximate surface area is 165 Å². The maximum absolute atomic E-state index is 11.8. The van der Waals surface area contributed by atoms with Gasteiger partial charge in [0.2, 0.25) is 0 Å². The standard InChI is InChI=1S/C18H15ClN2O3S2/c1-23-15-4-2-3-13(9-20-21-16(22)11-26-18(21)25)17(15)24-10-12-5-7-14(19)8-6-12/h2-9H,10-11H2,1H3/b20-9-. The summed E-state index contributed by atoms with van der Waals surface area (Å²) in [6.45, 7) is 0.343. The number of hydrazone groups is 1. The van der Waals surface area contributed by atoms with Crippen LogP contribution in [0.25, 0.3) is 0 Å². The largest absolute Gasteiger partial charge is 0.493 e. The minimum Gasteiger partial charge on any atom is -0.493 e. The summed E-state index contributed by atoms with van der Waals surface area (Å²) in [6.07, 6.45) is 1.55. The van der Waals surface area contributed by atoms with Gasteiger partial charge in [0.05, 0.1) is 19.1 Å². The molecule has 0 spiro atoms. The first-order valence-electron chi connectivity index (χ1n) is 7.66. The van der Waals surface area contributed by atoms with Crippen LogP contribution in [0.1, 0.15) is 11.1 Å². The van der Waals surface area contributed by atoms with Gasteiger partial charge in [0.15, 0.2) is 15.8 Å². The predicted molar refractivity (Wildman–Crippen MR) is 108 cm³/mol. The van der Waals surface area contributed by atoms with Gasteiger partial charge in [-0.1, -0.05) is 53.8 Å². The number of methoxy groups -OCH3 is 1. The van der Waals surface area contributed by atoms with Crippen LogP contribution in [0.15, 0.2) is 47.6 Å². The van der Waals surface area contributed by atoms with E-state index in [1.807, 2.05) is 36.4 Å². The molecule has 0 atom stereocenters. The van der Waals surface area contributed by atoms with Gasteiger partial charge in [-0.3, -0.25) is 4.79 Å². The second kappa shape index (κ2) is 8.53. The van der Waals surface area contributed by atoms with Crippen LogP contribution < -0.4 is 9.47 Å². The lowest BCUT2D eigenvalue weighted by Crippen LogP contribution is -2.22. The number of amides is 1. The molecule has 1 aliphatic rings. The Hall–Kier alpha value is -2.09. The SMILES string of the molecule is COc1cccc(/C=N\N2C(=O)CSC2=S)c1OCc1ccc(Cl)cc1. The molecule has 2 aromatic carbocycles. The predicted octanol–water partition coefficient (Wildman–Crippen LogP) is 4.12. The number of thioether (sulfide) groups is 1. The molecule has 1 saturated heterocycles. The smallest absolute Gasteiger partial charge is 0.259 e. The Balaban J connectivity index is 1.82. The summed E-state index contributed by atoms with van der Waals surface area (Å²) in [4.78, 5) is 11.8. The zero-order chi connectivity index (χ0) is 18.5. The highest BCUT2D eigenvalue weighted by Gasteiger charge is 2.26. The van der Waals surface area contributed by atoms with Crippen molar-refractivity contribution in [1.29, 1.82) is 0 Å². The molecule has 5 nitrogen and oxygen atoms in total. The number of hydrogen-bond donors (Lipinski definition) is 0. The zero-order valence-electron chi connectivity index (χ0n) is 13.8. The van der Waals surface area contributed by atoms with E-state index in [4.69, 9.17) is 33.3 Å². The van der Waals surface area contributed by atoms with Crippen LogP contribution in [-0.2, 0) is 11.4 Å². The summed E-state index contributed by atoms with van der Waals surface area (Å²) >= 11 is 12.3. The molecule has 0 aliphatic carbocycles. The fraction of sp³-hybridized carbons (Fsp3) is 0.167. The monoisotopic (exact) mass is 406 g/mol. The van der Waals surface area contributed by atoms with E-state index in [2.05, 4.69) is 5.10 Å². The molecule has 0 radical (unpaired) electrons. The number of thiocarbonyl (C=S) groups is 1. The molecular weight excluding hydrogens is 392 g/mol. The van der Waals surface area contributed by atoms with Gasteiger partial charge in [-0.2, -0.15) is 10.1 Å². The number of ether oxygens (including phenoxy) is 2. The van der Waals surface area contributed by atoms with Crippen molar-refractivity contribution in [3.05, 3.63) is 58.6 Å². The molecule has 0 bridgehead atoms. The molecule has 1 amide bonds. The summed E-state index contributed by atoms with van der Waals surface area (Å²) < 4.78 is 11.8. The van der Waals surface area contributed by atoms with E-state index in [0.717, 1.165) is 5.56 Å². The normalized spacial score (nSPS) is 14.3. The molecule has 8 heteroatoms. The molecule has 0 N–H and O–H groups in total. The highest BCUT2D eigenvalue weighted by Crippen LogP contribution is 2.31. The van der Waals surface area contributed by atoms with Crippen LogP contribution in [-0.4, -0.2) is 34.3 Å². The van der Waals surface area contributed by atoms with Gasteiger partial charge in [-0.15, -0.1) is 0 Å². The lowest BCUT2D eigenvalue weighted by Gasteiger charge is -2.14. The van der Waals surface area contributed by atoms with Crippen molar-refractivity contribution in [3.8, 4) is 11.5 Å². The van der Waals surface area contributed by atoms with Crippen molar-refractivity contribution >= 4 is 52.0 Å². The van der Waals surface area contributed by atoms with Crippen molar-refractivity contribution in [3.63, 3.8) is 0 Å². The third kappa shape index (κ3) is 4.35. The Kier molecular flexibility index (Phi) is 6.13. The molecule has 26 heavy (non-hydrogen) atoms. The third-order valence-electron chi connectivity index (χ3n) is 3.57. The molecule has 0 saturated carbocycles. The highest BCUT2D eigenvalue weighted by atomic mass is 35.5. The van der Waals surface area contributed by atoms with Gasteiger partial charge in [-0.25, -0.2) is 0 Å². The lowest BCUT2D eigenvalue weighted by molar-refractivity contribution is -0.123. The number of carbonyl (C=O) groups excluding carboxylic acids is 1. The van der Waals surface area contributed by atoms with E-state index in [9.17, 15) is 4.79 Å². The van der Waals surface area contributed by atoms with Crippen LogP contribution in [0.2, 0.25) is 5.02 Å². The number of hydrogen-bond acceptors (Lipinski definition) is 6. The Morgan fingerprint density at radius 2 is 2.08 bits per heavy atom. The Morgan fingerprint density at radius 3 is 2.73 bits per heavy atom. The van der Waals surface area contributed by atoms with Crippen molar-refractivity contribution in [2.24, 2.45) is 5.10 Å². The average molecular weight is 407 g/mol. The molecule has 0 unspecified atom stereocenters. The second-order valence-corrected chi connectivity index (χ2v) is 7.34. The van der Waals surface area contributed by atoms with E-state index in [1.165, 1.54) is 16.8 Å². The molecule has 1 aliphatic heterocycles. The molecular formula is C18H15ClN2O3S2. The summed E-state index contributed by atoms with van der Waals surface area (Å²) in [5.41, 5.74) is 1.65. The molecule has 3 rings (SSSR count). The van der Waals surface area contributed by atoms with Crippen LogP contribution >= 0.6 is 35.6 Å². The molecule has 1 heterocycles. The van der Waals surface area contributed by atoms with Gasteiger partial charge in [0, 0.05) is 10.6 Å². The fourth-order valence-electron chi connectivity index (χ4n) is 2.26. The Bertz CT molecular complexity index is 840. The fourth-order valence-corrected chi connectivity index (χ4v) is 3.36. The van der Waals surface area contributed by atoms with Gasteiger partial charge in [0.25, 0.3) is 5.91 Å². The van der Waals surface area contributed by atoms with Crippen molar-refractivity contribution in [1.82, 2.24) is 5.01 Å². The minimum absolute atomic E-state index is 0.136. The van der Waals surface area contributed by atoms with Crippen molar-refractivity contribution < 1.29 is 14.3 Å².